The normalized spacial score (nSPS) is 20.3. The third-order valence-corrected chi connectivity index (χ3v) is 5.64. The number of benzene rings is 1. The minimum atomic E-state index is 0. The predicted molar refractivity (Wildman–Crippen MR) is 130 cm³/mol. The first-order valence-corrected chi connectivity index (χ1v) is 10.3. The monoisotopic (exact) mass is 497 g/mol. The summed E-state index contributed by atoms with van der Waals surface area (Å²) in [6, 6.07) is 10.7. The van der Waals surface area contributed by atoms with E-state index in [1.807, 2.05) is 7.05 Å². The second-order valence-electron chi connectivity index (χ2n) is 7.93. The fraction of sp³-hybridized carbons (Fsp3) is 0.591. The number of likely N-dealkylation sites (N-methyl/N-ethyl adjacent to an activating group) is 1. The topological polar surface area (TPSA) is 34.1 Å². The van der Waals surface area contributed by atoms with Crippen LogP contribution in [0.1, 0.15) is 18.9 Å². The first-order valence-electron chi connectivity index (χ1n) is 10.3. The molecule has 0 aliphatic carbocycles. The van der Waals surface area contributed by atoms with E-state index in [4.69, 9.17) is 0 Å². The van der Waals surface area contributed by atoms with Crippen molar-refractivity contribution in [2.75, 3.05) is 66.5 Å². The van der Waals surface area contributed by atoms with E-state index < -0.39 is 0 Å². The van der Waals surface area contributed by atoms with Crippen LogP contribution in [0.5, 0.6) is 0 Å². The molecule has 0 radical (unpaired) electrons. The van der Waals surface area contributed by atoms with Gasteiger partial charge in [0.05, 0.1) is 0 Å². The molecule has 1 unspecified atom stereocenters. The van der Waals surface area contributed by atoms with Crippen LogP contribution in [-0.4, -0.2) is 87.1 Å². The summed E-state index contributed by atoms with van der Waals surface area (Å²) in [7, 11) is 4.10. The van der Waals surface area contributed by atoms with Gasteiger partial charge in [-0.05, 0) is 30.5 Å². The van der Waals surface area contributed by atoms with Gasteiger partial charge in [0.2, 0.25) is 0 Å². The van der Waals surface area contributed by atoms with Gasteiger partial charge < -0.3 is 20.0 Å². The zero-order chi connectivity index (χ0) is 19.1. The molecule has 5 nitrogen and oxygen atoms in total. The summed E-state index contributed by atoms with van der Waals surface area (Å²) >= 11 is 0. The van der Waals surface area contributed by atoms with Crippen LogP contribution in [0, 0.1) is 5.92 Å². The van der Waals surface area contributed by atoms with E-state index in [2.05, 4.69) is 75.4 Å². The van der Waals surface area contributed by atoms with Gasteiger partial charge in [0.1, 0.15) is 0 Å². The number of hydrogen-bond donors (Lipinski definition) is 1. The molecule has 2 heterocycles. The molecule has 156 valence electrons. The maximum Gasteiger partial charge on any atom is 0.193 e. The molecular formula is C22H36IN5. The number of piperazine rings is 1. The average Bonchev–Trinajstić information content (AvgIpc) is 2.71. The Morgan fingerprint density at radius 2 is 1.82 bits per heavy atom. The predicted octanol–water partition coefficient (Wildman–Crippen LogP) is 2.85. The van der Waals surface area contributed by atoms with Crippen molar-refractivity contribution < 1.29 is 0 Å². The third kappa shape index (κ3) is 6.74. The van der Waals surface area contributed by atoms with E-state index in [9.17, 15) is 0 Å². The molecule has 1 aromatic carbocycles. The first-order chi connectivity index (χ1) is 13.2. The maximum absolute atomic E-state index is 4.52. The molecule has 28 heavy (non-hydrogen) atoms. The lowest BCUT2D eigenvalue weighted by molar-refractivity contribution is 0.139. The highest BCUT2D eigenvalue weighted by atomic mass is 127. The molecule has 1 fully saturated rings. The number of aliphatic imine (C=N–C) groups is 1. The zero-order valence-electron chi connectivity index (χ0n) is 17.6. The van der Waals surface area contributed by atoms with Gasteiger partial charge >= 0.3 is 0 Å². The molecule has 0 amide bonds. The molecule has 6 heteroatoms. The van der Waals surface area contributed by atoms with Crippen LogP contribution in [0.2, 0.25) is 0 Å². The number of hydrogen-bond acceptors (Lipinski definition) is 3. The van der Waals surface area contributed by atoms with Gasteiger partial charge in [-0.3, -0.25) is 4.99 Å². The standard InChI is InChI=1S/C22H35N5.HI/c1-19(18-26-15-13-25(3)14-16-26)17-24-22(23-2)27-11-9-21(10-12-27)20-7-5-4-6-8-20;/h4-9,19H,10-18H2,1-3H3,(H,23,24);1H. The molecule has 0 spiro atoms. The third-order valence-electron chi connectivity index (χ3n) is 5.64. The molecule has 0 bridgehead atoms. The van der Waals surface area contributed by atoms with Crippen LogP contribution in [0.15, 0.2) is 41.4 Å². The van der Waals surface area contributed by atoms with Crippen LogP contribution in [0.4, 0.5) is 0 Å². The summed E-state index contributed by atoms with van der Waals surface area (Å²) in [6.45, 7) is 11.2. The van der Waals surface area contributed by atoms with Crippen molar-refractivity contribution in [3.63, 3.8) is 0 Å². The van der Waals surface area contributed by atoms with E-state index in [-0.39, 0.29) is 24.0 Å². The minimum Gasteiger partial charge on any atom is -0.356 e. The smallest absolute Gasteiger partial charge is 0.193 e. The summed E-state index contributed by atoms with van der Waals surface area (Å²) in [5, 5.41) is 3.60. The van der Waals surface area contributed by atoms with E-state index in [0.717, 1.165) is 38.6 Å². The van der Waals surface area contributed by atoms with Gasteiger partial charge in [0, 0.05) is 59.4 Å². The fourth-order valence-electron chi connectivity index (χ4n) is 3.91. The molecular weight excluding hydrogens is 461 g/mol. The van der Waals surface area contributed by atoms with Crippen molar-refractivity contribution in [1.82, 2.24) is 20.0 Å². The number of nitrogens with one attached hydrogen (secondary N) is 1. The Morgan fingerprint density at radius 1 is 1.11 bits per heavy atom. The highest BCUT2D eigenvalue weighted by Crippen LogP contribution is 2.21. The number of halogens is 1. The largest absolute Gasteiger partial charge is 0.356 e. The highest BCUT2D eigenvalue weighted by Gasteiger charge is 2.19. The second kappa shape index (κ2) is 11.8. The molecule has 2 aliphatic rings. The Labute approximate surface area is 187 Å². The van der Waals surface area contributed by atoms with Crippen molar-refractivity contribution in [3.8, 4) is 0 Å². The van der Waals surface area contributed by atoms with E-state index in [0.29, 0.717) is 5.92 Å². The molecule has 1 atom stereocenters. The van der Waals surface area contributed by atoms with E-state index in [1.54, 1.807) is 0 Å². The quantitative estimate of drug-likeness (QED) is 0.386. The Morgan fingerprint density at radius 3 is 2.43 bits per heavy atom. The summed E-state index contributed by atoms with van der Waals surface area (Å²) < 4.78 is 0. The summed E-state index contributed by atoms with van der Waals surface area (Å²) in [5.41, 5.74) is 2.80. The van der Waals surface area contributed by atoms with Gasteiger partial charge in [-0.2, -0.15) is 0 Å². The summed E-state index contributed by atoms with van der Waals surface area (Å²) in [5.74, 6) is 1.65. The molecule has 2 aliphatic heterocycles. The van der Waals surface area contributed by atoms with Gasteiger partial charge in [-0.25, -0.2) is 0 Å². The van der Waals surface area contributed by atoms with E-state index in [1.165, 1.54) is 37.3 Å². The molecule has 1 aromatic rings. The Hall–Kier alpha value is -1.12. The van der Waals surface area contributed by atoms with Crippen LogP contribution in [-0.2, 0) is 0 Å². The number of guanidine groups is 1. The molecule has 1 N–H and O–H groups in total. The lowest BCUT2D eigenvalue weighted by Crippen LogP contribution is -2.48. The molecule has 1 saturated heterocycles. The van der Waals surface area contributed by atoms with Crippen LogP contribution >= 0.6 is 24.0 Å². The Kier molecular flexibility index (Phi) is 9.74. The van der Waals surface area contributed by atoms with Gasteiger partial charge in [-0.1, -0.05) is 43.3 Å². The van der Waals surface area contributed by atoms with Gasteiger partial charge in [0.15, 0.2) is 5.96 Å². The minimum absolute atomic E-state index is 0. The van der Waals surface area contributed by atoms with Crippen molar-refractivity contribution in [1.29, 1.82) is 0 Å². The van der Waals surface area contributed by atoms with Crippen molar-refractivity contribution >= 4 is 35.5 Å². The first kappa shape index (κ1) is 23.2. The molecule has 0 aromatic heterocycles. The second-order valence-corrected chi connectivity index (χ2v) is 7.93. The SMILES string of the molecule is CN=C(NCC(C)CN1CCN(C)CC1)N1CC=C(c2ccccc2)CC1.I. The lowest BCUT2D eigenvalue weighted by Gasteiger charge is -2.34. The highest BCUT2D eigenvalue weighted by molar-refractivity contribution is 14.0. The van der Waals surface area contributed by atoms with Gasteiger partial charge in [0.25, 0.3) is 0 Å². The van der Waals surface area contributed by atoms with Crippen LogP contribution in [0.3, 0.4) is 0 Å². The van der Waals surface area contributed by atoms with Crippen molar-refractivity contribution in [3.05, 3.63) is 42.0 Å². The van der Waals surface area contributed by atoms with Crippen molar-refractivity contribution in [2.45, 2.75) is 13.3 Å². The van der Waals surface area contributed by atoms with Crippen molar-refractivity contribution in [2.24, 2.45) is 10.9 Å². The number of rotatable bonds is 5. The Bertz CT molecular complexity index is 638. The maximum atomic E-state index is 4.52. The van der Waals surface area contributed by atoms with Crippen LogP contribution < -0.4 is 5.32 Å². The number of nitrogens with zero attached hydrogens (tertiary/aromatic N) is 4. The average molecular weight is 497 g/mol. The zero-order valence-corrected chi connectivity index (χ0v) is 19.9. The van der Waals surface area contributed by atoms with Crippen LogP contribution in [0.25, 0.3) is 5.57 Å². The summed E-state index contributed by atoms with van der Waals surface area (Å²) in [4.78, 5) is 11.9. The fourth-order valence-corrected chi connectivity index (χ4v) is 3.91. The van der Waals surface area contributed by atoms with Gasteiger partial charge in [-0.15, -0.1) is 24.0 Å². The van der Waals surface area contributed by atoms with E-state index >= 15 is 0 Å². The lowest BCUT2D eigenvalue weighted by atomic mass is 10.00. The molecule has 3 rings (SSSR count). The Balaban J connectivity index is 0.00000280. The molecule has 0 saturated carbocycles. The summed E-state index contributed by atoms with van der Waals surface area (Å²) in [6.07, 6.45) is 3.42.